The third-order valence-corrected chi connectivity index (χ3v) is 6.45. The van der Waals surface area contributed by atoms with Gasteiger partial charge in [0.2, 0.25) is 0 Å². The molecule has 1 atom stereocenters. The van der Waals surface area contributed by atoms with Crippen molar-refractivity contribution in [1.29, 1.82) is 0 Å². The fraction of sp³-hybridized carbons (Fsp3) is 0.182. The van der Waals surface area contributed by atoms with E-state index in [2.05, 4.69) is 0 Å². The van der Waals surface area contributed by atoms with Crippen LogP contribution in [0.1, 0.15) is 29.7 Å². The Bertz CT molecular complexity index is 1050. The second kappa shape index (κ2) is 7.53. The molecule has 3 aromatic carbocycles. The van der Waals surface area contributed by atoms with E-state index in [9.17, 15) is 12.8 Å². The normalized spacial score (nSPS) is 12.6. The topological polar surface area (TPSA) is 37.4 Å². The summed E-state index contributed by atoms with van der Waals surface area (Å²) in [4.78, 5) is 0.179. The van der Waals surface area contributed by atoms with Crippen LogP contribution in [0.2, 0.25) is 0 Å². The Morgan fingerprint density at radius 3 is 2.15 bits per heavy atom. The van der Waals surface area contributed by atoms with E-state index in [1.807, 2.05) is 19.9 Å². The summed E-state index contributed by atoms with van der Waals surface area (Å²) in [7, 11) is -3.89. The Balaban J connectivity index is 2.19. The van der Waals surface area contributed by atoms with E-state index in [4.69, 9.17) is 0 Å². The summed E-state index contributed by atoms with van der Waals surface area (Å²) < 4.78 is 42.7. The maximum absolute atomic E-state index is 14.4. The van der Waals surface area contributed by atoms with Crippen molar-refractivity contribution in [3.8, 4) is 0 Å². The number of hydrogen-bond acceptors (Lipinski definition) is 2. The first-order valence-corrected chi connectivity index (χ1v) is 10.2. The van der Waals surface area contributed by atoms with Crippen LogP contribution >= 0.6 is 0 Å². The number of hydrogen-bond donors (Lipinski definition) is 0. The van der Waals surface area contributed by atoms with Crippen LogP contribution in [0, 0.1) is 19.7 Å². The fourth-order valence-corrected chi connectivity index (χ4v) is 4.73. The molecule has 3 nitrogen and oxygen atoms in total. The van der Waals surface area contributed by atoms with Gasteiger partial charge in [-0.25, -0.2) is 12.8 Å². The molecule has 0 amide bonds. The zero-order valence-corrected chi connectivity index (χ0v) is 16.4. The van der Waals surface area contributed by atoms with Crippen molar-refractivity contribution < 1.29 is 12.8 Å². The van der Waals surface area contributed by atoms with Crippen molar-refractivity contribution in [2.45, 2.75) is 31.7 Å². The van der Waals surface area contributed by atoms with Crippen LogP contribution in [0.3, 0.4) is 0 Å². The van der Waals surface area contributed by atoms with Gasteiger partial charge in [-0.15, -0.1) is 0 Å². The zero-order chi connectivity index (χ0) is 19.6. The Labute approximate surface area is 160 Å². The number of benzene rings is 3. The molecule has 140 valence electrons. The molecule has 0 aliphatic rings. The Morgan fingerprint density at radius 2 is 1.52 bits per heavy atom. The largest absolute Gasteiger partial charge is 0.264 e. The molecular formula is C22H22FNO2S. The standard InChI is InChI=1S/C22H22FNO2S/c1-16-11-13-20(14-12-16)27(25,26)24(19-8-6-7-17(2)15-19)18(3)21-9-4-5-10-22(21)23/h4-15,18H,1-3H3/t18-/m0/s1. The molecule has 0 spiro atoms. The summed E-state index contributed by atoms with van der Waals surface area (Å²) in [6.45, 7) is 5.50. The van der Waals surface area contributed by atoms with Gasteiger partial charge < -0.3 is 0 Å². The molecule has 5 heteroatoms. The van der Waals surface area contributed by atoms with Gasteiger partial charge in [0.1, 0.15) is 5.82 Å². The third-order valence-electron chi connectivity index (χ3n) is 4.54. The second-order valence-electron chi connectivity index (χ2n) is 6.65. The molecule has 0 saturated carbocycles. The summed E-state index contributed by atoms with van der Waals surface area (Å²) in [6, 6.07) is 19.5. The van der Waals surface area contributed by atoms with Gasteiger partial charge in [-0.1, -0.05) is 48.0 Å². The minimum Gasteiger partial charge on any atom is -0.259 e. The number of aryl methyl sites for hydroxylation is 2. The molecule has 0 radical (unpaired) electrons. The fourth-order valence-electron chi connectivity index (χ4n) is 3.10. The molecule has 27 heavy (non-hydrogen) atoms. The van der Waals surface area contributed by atoms with Crippen LogP contribution in [-0.4, -0.2) is 8.42 Å². The van der Waals surface area contributed by atoms with Gasteiger partial charge in [0.25, 0.3) is 10.0 Å². The van der Waals surface area contributed by atoms with Gasteiger partial charge in [0.15, 0.2) is 0 Å². The minimum absolute atomic E-state index is 0.179. The van der Waals surface area contributed by atoms with E-state index in [0.29, 0.717) is 11.3 Å². The van der Waals surface area contributed by atoms with Crippen LogP contribution in [0.5, 0.6) is 0 Å². The van der Waals surface area contributed by atoms with Crippen molar-refractivity contribution in [3.63, 3.8) is 0 Å². The average Bonchev–Trinajstić information content (AvgIpc) is 2.62. The Hall–Kier alpha value is -2.66. The first kappa shape index (κ1) is 19.1. The first-order chi connectivity index (χ1) is 12.8. The van der Waals surface area contributed by atoms with Crippen LogP contribution in [0.15, 0.2) is 77.7 Å². The van der Waals surface area contributed by atoms with Gasteiger partial charge in [-0.05, 0) is 56.7 Å². The lowest BCUT2D eigenvalue weighted by Crippen LogP contribution is -2.34. The minimum atomic E-state index is -3.89. The summed E-state index contributed by atoms with van der Waals surface area (Å²) in [5, 5.41) is 0. The number of halogens is 1. The average molecular weight is 383 g/mol. The number of anilines is 1. The molecule has 0 fully saturated rings. The van der Waals surface area contributed by atoms with Gasteiger partial charge in [-0.2, -0.15) is 0 Å². The highest BCUT2D eigenvalue weighted by Gasteiger charge is 2.31. The lowest BCUT2D eigenvalue weighted by atomic mass is 10.1. The molecule has 0 unspecified atom stereocenters. The third kappa shape index (κ3) is 3.88. The lowest BCUT2D eigenvalue weighted by Gasteiger charge is -2.31. The van der Waals surface area contributed by atoms with Gasteiger partial charge in [0, 0.05) is 5.56 Å². The van der Waals surface area contributed by atoms with Crippen LogP contribution in [0.4, 0.5) is 10.1 Å². The SMILES string of the molecule is Cc1ccc(S(=O)(=O)N(c2cccc(C)c2)[C@@H](C)c2ccccc2F)cc1. The highest BCUT2D eigenvalue weighted by atomic mass is 32.2. The zero-order valence-electron chi connectivity index (χ0n) is 15.6. The molecule has 0 aliphatic carbocycles. The molecule has 0 aromatic heterocycles. The molecular weight excluding hydrogens is 361 g/mol. The van der Waals surface area contributed by atoms with Crippen molar-refractivity contribution >= 4 is 15.7 Å². The van der Waals surface area contributed by atoms with E-state index >= 15 is 0 Å². The van der Waals surface area contributed by atoms with Crippen molar-refractivity contribution in [1.82, 2.24) is 0 Å². The maximum Gasteiger partial charge on any atom is 0.264 e. The highest BCUT2D eigenvalue weighted by Crippen LogP contribution is 2.34. The smallest absolute Gasteiger partial charge is 0.259 e. The van der Waals surface area contributed by atoms with Crippen LogP contribution in [0.25, 0.3) is 0 Å². The van der Waals surface area contributed by atoms with E-state index in [1.165, 1.54) is 10.4 Å². The van der Waals surface area contributed by atoms with E-state index in [1.54, 1.807) is 67.6 Å². The predicted molar refractivity (Wildman–Crippen MR) is 107 cm³/mol. The van der Waals surface area contributed by atoms with E-state index in [-0.39, 0.29) is 4.90 Å². The summed E-state index contributed by atoms with van der Waals surface area (Å²) >= 11 is 0. The van der Waals surface area contributed by atoms with E-state index in [0.717, 1.165) is 11.1 Å². The highest BCUT2D eigenvalue weighted by molar-refractivity contribution is 7.92. The van der Waals surface area contributed by atoms with Crippen molar-refractivity contribution in [2.24, 2.45) is 0 Å². The predicted octanol–water partition coefficient (Wildman–Crippen LogP) is 5.40. The number of rotatable bonds is 5. The molecule has 0 N–H and O–H groups in total. The molecule has 0 saturated heterocycles. The van der Waals surface area contributed by atoms with E-state index < -0.39 is 21.9 Å². The van der Waals surface area contributed by atoms with Gasteiger partial charge in [0.05, 0.1) is 16.6 Å². The molecule has 0 bridgehead atoms. The summed E-state index contributed by atoms with van der Waals surface area (Å²) in [5.74, 6) is -0.429. The lowest BCUT2D eigenvalue weighted by molar-refractivity contribution is 0.569. The Kier molecular flexibility index (Phi) is 5.33. The number of nitrogens with zero attached hydrogens (tertiary/aromatic N) is 1. The monoisotopic (exact) mass is 383 g/mol. The Morgan fingerprint density at radius 1 is 0.852 bits per heavy atom. The quantitative estimate of drug-likeness (QED) is 0.592. The second-order valence-corrected chi connectivity index (χ2v) is 8.47. The van der Waals surface area contributed by atoms with Crippen molar-refractivity contribution in [2.75, 3.05) is 4.31 Å². The number of sulfonamides is 1. The van der Waals surface area contributed by atoms with Gasteiger partial charge in [-0.3, -0.25) is 4.31 Å². The molecule has 3 aromatic rings. The maximum atomic E-state index is 14.4. The van der Waals surface area contributed by atoms with Crippen LogP contribution in [-0.2, 0) is 10.0 Å². The molecule has 0 aliphatic heterocycles. The van der Waals surface area contributed by atoms with Gasteiger partial charge >= 0.3 is 0 Å². The summed E-state index contributed by atoms with van der Waals surface area (Å²) in [6.07, 6.45) is 0. The summed E-state index contributed by atoms with van der Waals surface area (Å²) in [5.41, 5.74) is 2.73. The van der Waals surface area contributed by atoms with Crippen molar-refractivity contribution in [3.05, 3.63) is 95.3 Å². The molecule has 0 heterocycles. The molecule has 3 rings (SSSR count). The van der Waals surface area contributed by atoms with Crippen LogP contribution < -0.4 is 4.31 Å². The first-order valence-electron chi connectivity index (χ1n) is 8.73.